The summed E-state index contributed by atoms with van der Waals surface area (Å²) in [5.74, 6) is 0. The first kappa shape index (κ1) is 22.5. The number of pyridine rings is 1. The van der Waals surface area contributed by atoms with Crippen molar-refractivity contribution in [2.24, 2.45) is 0 Å². The van der Waals surface area contributed by atoms with Gasteiger partial charge < -0.3 is 14.8 Å². The predicted octanol–water partition coefficient (Wildman–Crippen LogP) is 5.54. The topological polar surface area (TPSA) is 67.2 Å². The van der Waals surface area contributed by atoms with E-state index in [9.17, 15) is 0 Å². The molecule has 1 spiro atoms. The van der Waals surface area contributed by atoms with Gasteiger partial charge in [0, 0.05) is 30.0 Å². The van der Waals surface area contributed by atoms with E-state index in [4.69, 9.17) is 19.7 Å². The Bertz CT molecular complexity index is 967. The highest BCUT2D eigenvalue weighted by Crippen LogP contribution is 2.49. The van der Waals surface area contributed by atoms with E-state index < -0.39 is 0 Å². The number of benzene rings is 1. The van der Waals surface area contributed by atoms with Crippen molar-refractivity contribution >= 4 is 0 Å². The molecule has 1 aliphatic heterocycles. The van der Waals surface area contributed by atoms with Crippen molar-refractivity contribution in [2.45, 2.75) is 80.9 Å². The third-order valence-electron chi connectivity index (χ3n) is 8.15. The van der Waals surface area contributed by atoms with E-state index in [0.717, 1.165) is 45.3 Å². The first-order valence-electron chi connectivity index (χ1n) is 12.6. The third kappa shape index (κ3) is 4.71. The van der Waals surface area contributed by atoms with E-state index in [1.165, 1.54) is 42.5 Å². The molecule has 1 aromatic carbocycles. The minimum absolute atomic E-state index is 0.0245. The minimum Gasteiger partial charge on any atom is -0.375 e. The van der Waals surface area contributed by atoms with Crippen LogP contribution in [-0.2, 0) is 14.9 Å². The molecule has 2 aromatic rings. The second kappa shape index (κ2) is 9.93. The Hall–Kier alpha value is -2.26. The summed E-state index contributed by atoms with van der Waals surface area (Å²) in [5.41, 5.74) is 3.90. The van der Waals surface area contributed by atoms with Gasteiger partial charge in [0.2, 0.25) is 0 Å². The highest BCUT2D eigenvalue weighted by Gasteiger charge is 2.48. The first-order valence-corrected chi connectivity index (χ1v) is 12.6. The molecule has 5 heteroatoms. The molecule has 2 aliphatic carbocycles. The number of hydrogen-bond donors (Lipinski definition) is 1. The minimum atomic E-state index is 0.0245. The Kier molecular flexibility index (Phi) is 6.78. The normalized spacial score (nSPS) is 28.3. The van der Waals surface area contributed by atoms with Crippen molar-refractivity contribution in [3.63, 3.8) is 0 Å². The maximum absolute atomic E-state index is 8.93. The molecule has 1 saturated heterocycles. The van der Waals surface area contributed by atoms with Crippen LogP contribution < -0.4 is 5.32 Å². The standard InChI is InChI=1S/C28H35N3O2/c29-16-20-32-25-11-10-24(22-7-1-2-8-23(22)25)30-18-14-27(26-9-3-6-17-31-26)15-19-33-28(21-27)12-4-5-13-28/h1-3,6-9,17,24-25,30H,4-5,10-15,18-21H2/t24-,25-,27?/m0/s1. The van der Waals surface area contributed by atoms with Crippen LogP contribution in [0.2, 0.25) is 0 Å². The van der Waals surface area contributed by atoms with E-state index in [1.807, 2.05) is 12.3 Å². The molecule has 1 N–H and O–H groups in total. The second-order valence-electron chi connectivity index (χ2n) is 10.1. The van der Waals surface area contributed by atoms with E-state index >= 15 is 0 Å². The van der Waals surface area contributed by atoms with Crippen molar-refractivity contribution in [1.82, 2.24) is 10.3 Å². The number of nitrogens with one attached hydrogen (secondary N) is 1. The molecule has 33 heavy (non-hydrogen) atoms. The summed E-state index contributed by atoms with van der Waals surface area (Å²) in [6.45, 7) is 1.93. The zero-order valence-corrected chi connectivity index (χ0v) is 19.5. The highest BCUT2D eigenvalue weighted by molar-refractivity contribution is 5.34. The first-order chi connectivity index (χ1) is 16.2. The maximum atomic E-state index is 8.93. The van der Waals surface area contributed by atoms with Crippen molar-refractivity contribution in [3.05, 3.63) is 65.5 Å². The molecular formula is C28H35N3O2. The molecular weight excluding hydrogens is 410 g/mol. The van der Waals surface area contributed by atoms with Gasteiger partial charge in [-0.1, -0.05) is 43.2 Å². The number of fused-ring (bicyclic) bond motifs is 1. The van der Waals surface area contributed by atoms with Crippen LogP contribution in [0.3, 0.4) is 0 Å². The Labute approximate surface area is 197 Å². The fourth-order valence-electron chi connectivity index (χ4n) is 6.56. The molecule has 1 aromatic heterocycles. The van der Waals surface area contributed by atoms with Crippen LogP contribution >= 0.6 is 0 Å². The molecule has 0 bridgehead atoms. The summed E-state index contributed by atoms with van der Waals surface area (Å²) in [5, 5.41) is 12.8. The van der Waals surface area contributed by atoms with Crippen LogP contribution in [0.25, 0.3) is 0 Å². The van der Waals surface area contributed by atoms with Gasteiger partial charge in [-0.2, -0.15) is 5.26 Å². The number of hydrogen-bond acceptors (Lipinski definition) is 5. The number of rotatable bonds is 7. The number of nitriles is 1. The van der Waals surface area contributed by atoms with E-state index in [2.05, 4.69) is 47.8 Å². The molecule has 174 valence electrons. The lowest BCUT2D eigenvalue weighted by Crippen LogP contribution is -2.47. The Morgan fingerprint density at radius 3 is 2.67 bits per heavy atom. The van der Waals surface area contributed by atoms with E-state index in [-0.39, 0.29) is 23.7 Å². The van der Waals surface area contributed by atoms with Gasteiger partial charge in [0.05, 0.1) is 17.8 Å². The van der Waals surface area contributed by atoms with Crippen LogP contribution in [0.4, 0.5) is 0 Å². The smallest absolute Gasteiger partial charge is 0.134 e. The van der Waals surface area contributed by atoms with Crippen LogP contribution in [0.5, 0.6) is 0 Å². The average Bonchev–Trinajstić information content (AvgIpc) is 3.31. The molecule has 2 heterocycles. The van der Waals surface area contributed by atoms with E-state index in [0.29, 0.717) is 6.04 Å². The summed E-state index contributed by atoms with van der Waals surface area (Å²) >= 11 is 0. The SMILES string of the molecule is N#CCO[C@H]1CC[C@H](NCCC2(c3ccccn3)CCOC3(CCCC3)C2)c2ccccc21. The Morgan fingerprint density at radius 1 is 1.06 bits per heavy atom. The van der Waals surface area contributed by atoms with Gasteiger partial charge in [-0.15, -0.1) is 0 Å². The van der Waals surface area contributed by atoms with Crippen LogP contribution in [0.15, 0.2) is 48.7 Å². The summed E-state index contributed by atoms with van der Waals surface area (Å²) in [6, 6.07) is 17.4. The monoisotopic (exact) mass is 445 g/mol. The maximum Gasteiger partial charge on any atom is 0.134 e. The molecule has 5 rings (SSSR count). The van der Waals surface area contributed by atoms with Crippen molar-refractivity contribution < 1.29 is 9.47 Å². The average molecular weight is 446 g/mol. The molecule has 3 atom stereocenters. The van der Waals surface area contributed by atoms with Crippen molar-refractivity contribution in [3.8, 4) is 6.07 Å². The molecule has 1 saturated carbocycles. The largest absolute Gasteiger partial charge is 0.375 e. The molecule has 0 amide bonds. The number of aromatic nitrogens is 1. The lowest BCUT2D eigenvalue weighted by atomic mass is 9.68. The summed E-state index contributed by atoms with van der Waals surface area (Å²) in [4.78, 5) is 4.84. The fourth-order valence-corrected chi connectivity index (χ4v) is 6.56. The van der Waals surface area contributed by atoms with Crippen LogP contribution in [-0.4, -0.2) is 30.3 Å². The van der Waals surface area contributed by atoms with Gasteiger partial charge in [-0.3, -0.25) is 4.98 Å². The summed E-state index contributed by atoms with van der Waals surface area (Å²) in [6.07, 6.45) is 12.1. The Balaban J connectivity index is 1.31. The predicted molar refractivity (Wildman–Crippen MR) is 128 cm³/mol. The zero-order valence-electron chi connectivity index (χ0n) is 19.5. The molecule has 3 aliphatic rings. The van der Waals surface area contributed by atoms with Gasteiger partial charge in [0.25, 0.3) is 0 Å². The van der Waals surface area contributed by atoms with Crippen molar-refractivity contribution in [2.75, 3.05) is 19.8 Å². The quantitative estimate of drug-likeness (QED) is 0.606. The molecule has 5 nitrogen and oxygen atoms in total. The zero-order chi connectivity index (χ0) is 22.6. The molecule has 2 fully saturated rings. The number of ether oxygens (including phenoxy) is 2. The fraction of sp³-hybridized carbons (Fsp3) is 0.571. The second-order valence-corrected chi connectivity index (χ2v) is 10.1. The summed E-state index contributed by atoms with van der Waals surface area (Å²) in [7, 11) is 0. The molecule has 1 unspecified atom stereocenters. The summed E-state index contributed by atoms with van der Waals surface area (Å²) < 4.78 is 12.2. The lowest BCUT2D eigenvalue weighted by Gasteiger charge is -2.46. The van der Waals surface area contributed by atoms with Crippen molar-refractivity contribution in [1.29, 1.82) is 5.26 Å². The lowest BCUT2D eigenvalue weighted by molar-refractivity contribution is -0.104. The van der Waals surface area contributed by atoms with Gasteiger partial charge in [-0.05, 0) is 74.8 Å². The molecule has 0 radical (unpaired) electrons. The third-order valence-corrected chi connectivity index (χ3v) is 8.15. The van der Waals surface area contributed by atoms with Gasteiger partial charge >= 0.3 is 0 Å². The van der Waals surface area contributed by atoms with Gasteiger partial charge in [0.1, 0.15) is 6.61 Å². The highest BCUT2D eigenvalue weighted by atomic mass is 16.5. The van der Waals surface area contributed by atoms with Crippen LogP contribution in [0.1, 0.15) is 86.8 Å². The number of nitrogens with zero attached hydrogens (tertiary/aromatic N) is 2. The van der Waals surface area contributed by atoms with Crippen LogP contribution in [0, 0.1) is 11.3 Å². The van der Waals surface area contributed by atoms with Gasteiger partial charge in [-0.25, -0.2) is 0 Å². The van der Waals surface area contributed by atoms with E-state index in [1.54, 1.807) is 0 Å². The Morgan fingerprint density at radius 2 is 1.88 bits per heavy atom. The van der Waals surface area contributed by atoms with Gasteiger partial charge in [0.15, 0.2) is 0 Å².